The minimum atomic E-state index is 0.273. The van der Waals surface area contributed by atoms with Gasteiger partial charge in [0.05, 0.1) is 0 Å². The van der Waals surface area contributed by atoms with Crippen molar-refractivity contribution in [1.29, 1.82) is 0 Å². The first-order valence-corrected chi connectivity index (χ1v) is 7.62. The van der Waals surface area contributed by atoms with Crippen molar-refractivity contribution in [2.45, 2.75) is 78.7 Å². The maximum atomic E-state index is 11.9. The molecule has 2 heteroatoms. The summed E-state index contributed by atoms with van der Waals surface area (Å²) in [7, 11) is 0. The molecule has 2 rings (SSSR count). The monoisotopic (exact) mass is 251 g/mol. The number of rotatable bonds is 2. The van der Waals surface area contributed by atoms with E-state index in [0.29, 0.717) is 23.3 Å². The lowest BCUT2D eigenvalue weighted by Gasteiger charge is -2.35. The van der Waals surface area contributed by atoms with Crippen molar-refractivity contribution in [3.05, 3.63) is 0 Å². The molecule has 2 unspecified atom stereocenters. The van der Waals surface area contributed by atoms with Crippen LogP contribution in [0.3, 0.4) is 0 Å². The number of hydrogen-bond acceptors (Lipinski definition) is 1. The molecule has 1 heterocycles. The summed E-state index contributed by atoms with van der Waals surface area (Å²) in [6, 6.07) is 0.430. The Morgan fingerprint density at radius 3 is 2.61 bits per heavy atom. The highest BCUT2D eigenvalue weighted by Gasteiger charge is 2.47. The van der Waals surface area contributed by atoms with Gasteiger partial charge >= 0.3 is 0 Å². The Labute approximate surface area is 112 Å². The smallest absolute Gasteiger partial charge is 0.220 e. The molecule has 2 atom stereocenters. The van der Waals surface area contributed by atoms with Gasteiger partial charge in [0.1, 0.15) is 0 Å². The second-order valence-corrected chi connectivity index (χ2v) is 7.81. The summed E-state index contributed by atoms with van der Waals surface area (Å²) in [4.78, 5) is 11.9. The highest BCUT2D eigenvalue weighted by Crippen LogP contribution is 2.49. The molecule has 1 saturated heterocycles. The highest BCUT2D eigenvalue weighted by atomic mass is 16.2. The van der Waals surface area contributed by atoms with Crippen LogP contribution >= 0.6 is 0 Å². The summed E-state index contributed by atoms with van der Waals surface area (Å²) in [5.41, 5.74) is 0.743. The van der Waals surface area contributed by atoms with Gasteiger partial charge in [-0.05, 0) is 48.9 Å². The van der Waals surface area contributed by atoms with Gasteiger partial charge in [-0.3, -0.25) is 4.79 Å². The van der Waals surface area contributed by atoms with Gasteiger partial charge in [-0.25, -0.2) is 0 Å². The molecule has 1 aliphatic carbocycles. The predicted molar refractivity (Wildman–Crippen MR) is 75.3 cm³/mol. The Morgan fingerprint density at radius 2 is 1.94 bits per heavy atom. The molecule has 0 aromatic carbocycles. The number of carbonyl (C=O) groups is 1. The van der Waals surface area contributed by atoms with Crippen molar-refractivity contribution < 1.29 is 4.79 Å². The van der Waals surface area contributed by atoms with Crippen LogP contribution < -0.4 is 5.32 Å². The first-order chi connectivity index (χ1) is 8.33. The van der Waals surface area contributed by atoms with Crippen molar-refractivity contribution >= 4 is 5.91 Å². The van der Waals surface area contributed by atoms with E-state index in [1.807, 2.05) is 0 Å². The van der Waals surface area contributed by atoms with E-state index < -0.39 is 0 Å². The lowest BCUT2D eigenvalue weighted by Crippen LogP contribution is -2.38. The summed E-state index contributed by atoms with van der Waals surface area (Å²) >= 11 is 0. The molecule has 0 bridgehead atoms. The summed E-state index contributed by atoms with van der Waals surface area (Å²) in [6.45, 7) is 9.29. The van der Waals surface area contributed by atoms with Crippen molar-refractivity contribution in [3.8, 4) is 0 Å². The summed E-state index contributed by atoms with van der Waals surface area (Å²) in [5.74, 6) is 0.960. The summed E-state index contributed by atoms with van der Waals surface area (Å²) in [6.07, 6.45) is 8.28. The standard InChI is InChI=1S/C16H29NO/c1-12(2)10-13-16(11-14(18)17-13)7-5-6-15(3,4)8-9-16/h12-13H,5-11H2,1-4H3,(H,17,18). The van der Waals surface area contributed by atoms with Crippen LogP contribution in [0.25, 0.3) is 0 Å². The zero-order valence-electron chi connectivity index (χ0n) is 12.5. The lowest BCUT2D eigenvalue weighted by molar-refractivity contribution is -0.119. The van der Waals surface area contributed by atoms with E-state index >= 15 is 0 Å². The SMILES string of the molecule is CC(C)CC1NC(=O)CC12CCCC(C)(C)CC2. The summed E-state index contributed by atoms with van der Waals surface area (Å²) in [5, 5.41) is 3.26. The quantitative estimate of drug-likeness (QED) is 0.792. The highest BCUT2D eigenvalue weighted by molar-refractivity contribution is 5.80. The molecule has 2 fully saturated rings. The number of hydrogen-bond donors (Lipinski definition) is 1. The molecule has 0 aromatic rings. The molecule has 1 N–H and O–H groups in total. The predicted octanol–water partition coefficient (Wildman–Crippen LogP) is 3.90. The second kappa shape index (κ2) is 4.86. The molecular weight excluding hydrogens is 222 g/mol. The Hall–Kier alpha value is -0.530. The van der Waals surface area contributed by atoms with E-state index in [4.69, 9.17) is 0 Å². The van der Waals surface area contributed by atoms with Crippen LogP contribution in [-0.2, 0) is 4.79 Å². The zero-order chi connectivity index (χ0) is 13.4. The fourth-order valence-corrected chi connectivity index (χ4v) is 3.90. The van der Waals surface area contributed by atoms with Gasteiger partial charge in [0.2, 0.25) is 5.91 Å². The van der Waals surface area contributed by atoms with E-state index in [1.54, 1.807) is 0 Å². The van der Waals surface area contributed by atoms with Crippen LogP contribution in [0.15, 0.2) is 0 Å². The Morgan fingerprint density at radius 1 is 1.22 bits per heavy atom. The van der Waals surface area contributed by atoms with Crippen LogP contribution in [-0.4, -0.2) is 11.9 Å². The maximum absolute atomic E-state index is 11.9. The molecule has 1 amide bonds. The van der Waals surface area contributed by atoms with Gasteiger partial charge < -0.3 is 5.32 Å². The lowest BCUT2D eigenvalue weighted by atomic mass is 9.71. The van der Waals surface area contributed by atoms with Gasteiger partial charge in [0.15, 0.2) is 0 Å². The van der Waals surface area contributed by atoms with Gasteiger partial charge in [-0.15, -0.1) is 0 Å². The Bertz CT molecular complexity index is 321. The van der Waals surface area contributed by atoms with Crippen LogP contribution in [0.4, 0.5) is 0 Å². The van der Waals surface area contributed by atoms with Gasteiger partial charge in [-0.2, -0.15) is 0 Å². The third kappa shape index (κ3) is 2.89. The number of nitrogens with one attached hydrogen (secondary N) is 1. The second-order valence-electron chi connectivity index (χ2n) is 7.81. The fraction of sp³-hybridized carbons (Fsp3) is 0.938. The summed E-state index contributed by atoms with van der Waals surface area (Å²) < 4.78 is 0. The third-order valence-electron chi connectivity index (χ3n) is 5.12. The third-order valence-corrected chi connectivity index (χ3v) is 5.12. The molecule has 18 heavy (non-hydrogen) atoms. The zero-order valence-corrected chi connectivity index (χ0v) is 12.5. The number of amides is 1. The first kappa shape index (κ1) is 13.9. The molecular formula is C16H29NO. The van der Waals surface area contributed by atoms with Gasteiger partial charge in [0.25, 0.3) is 0 Å². The van der Waals surface area contributed by atoms with Crippen molar-refractivity contribution in [2.24, 2.45) is 16.7 Å². The van der Waals surface area contributed by atoms with Crippen LogP contribution in [0.5, 0.6) is 0 Å². The van der Waals surface area contributed by atoms with E-state index in [-0.39, 0.29) is 5.41 Å². The van der Waals surface area contributed by atoms with E-state index in [0.717, 1.165) is 12.8 Å². The minimum absolute atomic E-state index is 0.273. The van der Waals surface area contributed by atoms with Crippen LogP contribution in [0.2, 0.25) is 0 Å². The Balaban J connectivity index is 2.14. The molecule has 1 aliphatic heterocycles. The Kier molecular flexibility index (Phi) is 3.75. The number of carbonyl (C=O) groups excluding carboxylic acids is 1. The van der Waals surface area contributed by atoms with Gasteiger partial charge in [-0.1, -0.05) is 34.1 Å². The molecule has 0 aromatic heterocycles. The minimum Gasteiger partial charge on any atom is -0.353 e. The van der Waals surface area contributed by atoms with Crippen LogP contribution in [0, 0.1) is 16.7 Å². The molecule has 104 valence electrons. The van der Waals surface area contributed by atoms with E-state index in [1.165, 1.54) is 32.1 Å². The molecule has 1 saturated carbocycles. The largest absolute Gasteiger partial charge is 0.353 e. The van der Waals surface area contributed by atoms with Gasteiger partial charge in [0, 0.05) is 12.5 Å². The average Bonchev–Trinajstić information content (AvgIpc) is 2.42. The maximum Gasteiger partial charge on any atom is 0.220 e. The molecule has 1 spiro atoms. The molecule has 2 nitrogen and oxygen atoms in total. The fourth-order valence-electron chi connectivity index (χ4n) is 3.90. The van der Waals surface area contributed by atoms with E-state index in [9.17, 15) is 4.79 Å². The molecule has 0 radical (unpaired) electrons. The first-order valence-electron chi connectivity index (χ1n) is 7.62. The topological polar surface area (TPSA) is 29.1 Å². The van der Waals surface area contributed by atoms with Crippen molar-refractivity contribution in [3.63, 3.8) is 0 Å². The normalized spacial score (nSPS) is 35.8. The van der Waals surface area contributed by atoms with Crippen molar-refractivity contribution in [1.82, 2.24) is 5.32 Å². The van der Waals surface area contributed by atoms with Crippen LogP contribution in [0.1, 0.15) is 72.6 Å². The molecule has 2 aliphatic rings. The van der Waals surface area contributed by atoms with E-state index in [2.05, 4.69) is 33.0 Å². The van der Waals surface area contributed by atoms with Crippen molar-refractivity contribution in [2.75, 3.05) is 0 Å². The average molecular weight is 251 g/mol.